The third-order valence-electron chi connectivity index (χ3n) is 4.40. The number of carbonyl (C=O) groups is 1. The minimum absolute atomic E-state index is 0.214. The maximum atomic E-state index is 13.2. The van der Waals surface area contributed by atoms with Gasteiger partial charge in [-0.05, 0) is 61.4 Å². The number of benzene rings is 3. The number of thiazole rings is 1. The van der Waals surface area contributed by atoms with Gasteiger partial charge in [0.05, 0.1) is 16.4 Å². The first-order valence-corrected chi connectivity index (χ1v) is 10.7. The van der Waals surface area contributed by atoms with Crippen molar-refractivity contribution in [2.45, 2.75) is 13.8 Å². The van der Waals surface area contributed by atoms with Gasteiger partial charge in [-0.15, -0.1) is 0 Å². The fourth-order valence-electron chi connectivity index (χ4n) is 2.79. The van der Waals surface area contributed by atoms with Gasteiger partial charge in [0.15, 0.2) is 0 Å². The molecule has 29 heavy (non-hydrogen) atoms. The Hall–Kier alpha value is -2.83. The normalized spacial score (nSPS) is 11.3. The molecule has 4 rings (SSSR count). The van der Waals surface area contributed by atoms with Crippen molar-refractivity contribution in [1.29, 1.82) is 0 Å². The summed E-state index contributed by atoms with van der Waals surface area (Å²) >= 11 is 4.89. The van der Waals surface area contributed by atoms with Crippen molar-refractivity contribution in [2.24, 2.45) is 5.10 Å². The molecule has 0 atom stereocenters. The van der Waals surface area contributed by atoms with Crippen LogP contribution in [-0.4, -0.2) is 17.1 Å². The largest absolute Gasteiger partial charge is 0.280 e. The van der Waals surface area contributed by atoms with Crippen LogP contribution >= 0.6 is 27.3 Å². The molecule has 0 radical (unpaired) electrons. The number of hydrazone groups is 1. The zero-order chi connectivity index (χ0) is 20.4. The predicted molar refractivity (Wildman–Crippen MR) is 124 cm³/mol. The van der Waals surface area contributed by atoms with Gasteiger partial charge in [-0.3, -0.25) is 4.79 Å². The van der Waals surface area contributed by atoms with Crippen LogP contribution in [0.15, 0.2) is 76.3 Å². The highest BCUT2D eigenvalue weighted by Crippen LogP contribution is 2.30. The number of hydrogen-bond donors (Lipinski definition) is 0. The lowest BCUT2D eigenvalue weighted by Crippen LogP contribution is -2.25. The van der Waals surface area contributed by atoms with Gasteiger partial charge in [0.2, 0.25) is 5.13 Å². The number of amides is 1. The number of aryl methyl sites for hydroxylation is 2. The van der Waals surface area contributed by atoms with Crippen LogP contribution in [0.4, 0.5) is 5.13 Å². The maximum absolute atomic E-state index is 13.2. The number of hydrogen-bond acceptors (Lipinski definition) is 4. The number of aromatic nitrogens is 1. The van der Waals surface area contributed by atoms with E-state index in [2.05, 4.69) is 32.1 Å². The quantitative estimate of drug-likeness (QED) is 0.261. The lowest BCUT2D eigenvalue weighted by Gasteiger charge is -2.14. The summed E-state index contributed by atoms with van der Waals surface area (Å²) in [6.45, 7) is 4.04. The van der Waals surface area contributed by atoms with Crippen LogP contribution in [-0.2, 0) is 0 Å². The van der Waals surface area contributed by atoms with Crippen molar-refractivity contribution in [1.82, 2.24) is 4.98 Å². The molecule has 0 N–H and O–H groups in total. The van der Waals surface area contributed by atoms with E-state index in [4.69, 9.17) is 0 Å². The predicted octanol–water partition coefficient (Wildman–Crippen LogP) is 6.36. The summed E-state index contributed by atoms with van der Waals surface area (Å²) in [5.74, 6) is -0.214. The third kappa shape index (κ3) is 4.44. The van der Waals surface area contributed by atoms with Gasteiger partial charge in [0.1, 0.15) is 0 Å². The molecule has 3 aromatic carbocycles. The lowest BCUT2D eigenvalue weighted by molar-refractivity contribution is 0.0988. The second-order valence-corrected chi connectivity index (χ2v) is 8.67. The molecule has 0 fully saturated rings. The Bertz CT molecular complexity index is 1200. The van der Waals surface area contributed by atoms with E-state index in [0.717, 1.165) is 31.4 Å². The second kappa shape index (κ2) is 8.27. The van der Waals surface area contributed by atoms with Crippen molar-refractivity contribution in [3.05, 3.63) is 93.5 Å². The van der Waals surface area contributed by atoms with Crippen molar-refractivity contribution in [3.63, 3.8) is 0 Å². The molecule has 1 heterocycles. The second-order valence-electron chi connectivity index (χ2n) is 6.75. The molecule has 0 bridgehead atoms. The Morgan fingerprint density at radius 1 is 1.00 bits per heavy atom. The molecule has 1 aromatic heterocycles. The molecule has 0 saturated heterocycles. The minimum Gasteiger partial charge on any atom is -0.267 e. The smallest absolute Gasteiger partial charge is 0.267 e. The summed E-state index contributed by atoms with van der Waals surface area (Å²) in [6.07, 6.45) is 1.68. The summed E-state index contributed by atoms with van der Waals surface area (Å²) in [7, 11) is 0. The summed E-state index contributed by atoms with van der Waals surface area (Å²) in [6, 6.07) is 21.3. The van der Waals surface area contributed by atoms with E-state index in [1.807, 2.05) is 74.5 Å². The lowest BCUT2D eigenvalue weighted by atomic mass is 10.1. The molecule has 0 aliphatic heterocycles. The van der Waals surface area contributed by atoms with Gasteiger partial charge in [-0.25, -0.2) is 4.98 Å². The van der Waals surface area contributed by atoms with Gasteiger partial charge >= 0.3 is 0 Å². The number of fused-ring (bicyclic) bond motifs is 1. The fraction of sp³-hybridized carbons (Fsp3) is 0.0870. The van der Waals surface area contributed by atoms with Crippen LogP contribution in [0.1, 0.15) is 27.0 Å². The van der Waals surface area contributed by atoms with E-state index in [-0.39, 0.29) is 5.91 Å². The SMILES string of the molecule is Cc1ccc(C(=O)N(/N=C/c2ccc(Br)cc2)c2nc3ccc(C)cc3s2)cc1. The average molecular weight is 464 g/mol. The number of nitrogens with zero attached hydrogens (tertiary/aromatic N) is 3. The van der Waals surface area contributed by atoms with Gasteiger partial charge in [0, 0.05) is 10.0 Å². The van der Waals surface area contributed by atoms with E-state index in [1.54, 1.807) is 6.21 Å². The highest BCUT2D eigenvalue weighted by atomic mass is 79.9. The number of anilines is 1. The van der Waals surface area contributed by atoms with Gasteiger partial charge in [0.25, 0.3) is 5.91 Å². The monoisotopic (exact) mass is 463 g/mol. The Morgan fingerprint density at radius 2 is 1.69 bits per heavy atom. The fourth-order valence-corrected chi connectivity index (χ4v) is 4.08. The van der Waals surface area contributed by atoms with Crippen LogP contribution in [0.25, 0.3) is 10.2 Å². The molecular weight excluding hydrogens is 446 g/mol. The highest BCUT2D eigenvalue weighted by Gasteiger charge is 2.21. The Kier molecular flexibility index (Phi) is 5.56. The number of carbonyl (C=O) groups excluding carboxylic acids is 1. The summed E-state index contributed by atoms with van der Waals surface area (Å²) in [5, 5.41) is 6.43. The average Bonchev–Trinajstić information content (AvgIpc) is 3.12. The Labute approximate surface area is 181 Å². The van der Waals surface area contributed by atoms with E-state index in [9.17, 15) is 4.79 Å². The highest BCUT2D eigenvalue weighted by molar-refractivity contribution is 9.10. The van der Waals surface area contributed by atoms with Gasteiger partial charge in [-0.2, -0.15) is 10.1 Å². The zero-order valence-electron chi connectivity index (χ0n) is 16.0. The standard InChI is InChI=1S/C23H18BrN3OS/c1-15-3-8-18(9-4-15)22(28)27(25-14-17-6-10-19(24)11-7-17)23-26-20-12-5-16(2)13-21(20)29-23/h3-14H,1-2H3/b25-14+. The van der Waals surface area contributed by atoms with Crippen LogP contribution in [0, 0.1) is 13.8 Å². The maximum Gasteiger partial charge on any atom is 0.280 e. The van der Waals surface area contributed by atoms with E-state index in [1.165, 1.54) is 16.3 Å². The van der Waals surface area contributed by atoms with Crippen LogP contribution in [0.3, 0.4) is 0 Å². The first kappa shape index (κ1) is 19.5. The zero-order valence-corrected chi connectivity index (χ0v) is 18.4. The molecule has 0 aliphatic rings. The van der Waals surface area contributed by atoms with Crippen molar-refractivity contribution < 1.29 is 4.79 Å². The first-order valence-electron chi connectivity index (χ1n) is 9.07. The van der Waals surface area contributed by atoms with Gasteiger partial charge in [-0.1, -0.05) is 63.2 Å². The third-order valence-corrected chi connectivity index (χ3v) is 5.92. The molecule has 144 valence electrons. The van der Waals surface area contributed by atoms with Crippen LogP contribution in [0.2, 0.25) is 0 Å². The van der Waals surface area contributed by atoms with Crippen LogP contribution in [0.5, 0.6) is 0 Å². The van der Waals surface area contributed by atoms with Crippen molar-refractivity contribution >= 4 is 54.7 Å². The van der Waals surface area contributed by atoms with Crippen molar-refractivity contribution in [3.8, 4) is 0 Å². The molecule has 4 nitrogen and oxygen atoms in total. The van der Waals surface area contributed by atoms with Gasteiger partial charge < -0.3 is 0 Å². The molecular formula is C23H18BrN3OS. The minimum atomic E-state index is -0.214. The van der Waals surface area contributed by atoms with E-state index < -0.39 is 0 Å². The van der Waals surface area contributed by atoms with Crippen molar-refractivity contribution in [2.75, 3.05) is 5.01 Å². The molecule has 0 saturated carbocycles. The molecule has 4 aromatic rings. The van der Waals surface area contributed by atoms with E-state index in [0.29, 0.717) is 10.7 Å². The Morgan fingerprint density at radius 3 is 2.41 bits per heavy atom. The number of halogens is 1. The topological polar surface area (TPSA) is 45.6 Å². The summed E-state index contributed by atoms with van der Waals surface area (Å²) < 4.78 is 2.02. The summed E-state index contributed by atoms with van der Waals surface area (Å²) in [5.41, 5.74) is 4.58. The summed E-state index contributed by atoms with van der Waals surface area (Å²) in [4.78, 5) is 17.9. The molecule has 1 amide bonds. The molecule has 0 unspecified atom stereocenters. The van der Waals surface area contributed by atoms with E-state index >= 15 is 0 Å². The molecule has 0 aliphatic carbocycles. The van der Waals surface area contributed by atoms with Crippen LogP contribution < -0.4 is 5.01 Å². The molecule has 6 heteroatoms. The Balaban J connectivity index is 1.75. The number of rotatable bonds is 4. The first-order chi connectivity index (χ1) is 14.0. The molecule has 0 spiro atoms.